The Labute approximate surface area is 120 Å². The van der Waals surface area contributed by atoms with E-state index >= 15 is 0 Å². The third-order valence-corrected chi connectivity index (χ3v) is 3.15. The van der Waals surface area contributed by atoms with Crippen LogP contribution >= 0.6 is 11.6 Å². The molecule has 0 aromatic carbocycles. The molecule has 1 aromatic rings. The lowest BCUT2D eigenvalue weighted by Gasteiger charge is -2.10. The predicted molar refractivity (Wildman–Crippen MR) is 69.9 cm³/mol. The summed E-state index contributed by atoms with van der Waals surface area (Å²) in [6.07, 6.45) is -1.11. The van der Waals surface area contributed by atoms with Gasteiger partial charge in [-0.3, -0.25) is 0 Å². The number of alkyl halides is 3. The number of nitrogens with one attached hydrogen (secondary N) is 1. The molecule has 1 N–H and O–H groups in total. The topological polar surface area (TPSA) is 34.1 Å². The quantitative estimate of drug-likeness (QED) is 0.780. The number of pyridine rings is 1. The molecule has 0 spiro atoms. The maximum absolute atomic E-state index is 12.0. The Bertz CT molecular complexity index is 450. The van der Waals surface area contributed by atoms with Gasteiger partial charge in [-0.1, -0.05) is 11.6 Å². The van der Waals surface area contributed by atoms with Crippen molar-refractivity contribution in [1.29, 1.82) is 0 Å². The number of hydrogen-bond acceptors (Lipinski definition) is 3. The van der Waals surface area contributed by atoms with Crippen LogP contribution in [0.3, 0.4) is 0 Å². The van der Waals surface area contributed by atoms with Crippen LogP contribution in [0, 0.1) is 0 Å². The summed E-state index contributed by atoms with van der Waals surface area (Å²) in [5, 5.41) is 3.65. The zero-order chi connectivity index (χ0) is 14.6. The fraction of sp³-hybridized carbons (Fsp3) is 0.615. The van der Waals surface area contributed by atoms with E-state index < -0.39 is 12.6 Å². The van der Waals surface area contributed by atoms with Gasteiger partial charge in [0.05, 0.1) is 6.61 Å². The fourth-order valence-corrected chi connectivity index (χ4v) is 1.90. The summed E-state index contributed by atoms with van der Waals surface area (Å²) in [7, 11) is 0. The summed E-state index contributed by atoms with van der Waals surface area (Å²) in [6.45, 7) is 0.637. The Morgan fingerprint density at radius 2 is 2.15 bits per heavy atom. The molecule has 0 unspecified atom stereocenters. The highest BCUT2D eigenvalue weighted by Gasteiger charge is 2.26. The number of hydrogen-bond donors (Lipinski definition) is 1. The molecule has 0 amide bonds. The first-order valence-electron chi connectivity index (χ1n) is 6.51. The fourth-order valence-electron chi connectivity index (χ4n) is 1.66. The van der Waals surface area contributed by atoms with Crippen molar-refractivity contribution in [1.82, 2.24) is 10.3 Å². The molecule has 1 aliphatic carbocycles. The van der Waals surface area contributed by atoms with Crippen LogP contribution in [0.2, 0.25) is 5.02 Å². The monoisotopic (exact) mass is 308 g/mol. The summed E-state index contributed by atoms with van der Waals surface area (Å²) >= 11 is 5.99. The lowest BCUT2D eigenvalue weighted by molar-refractivity contribution is -0.136. The minimum absolute atomic E-state index is 0.0497. The molecule has 1 fully saturated rings. The van der Waals surface area contributed by atoms with Gasteiger partial charge in [-0.05, 0) is 30.9 Å². The molecule has 0 atom stereocenters. The van der Waals surface area contributed by atoms with Crippen molar-refractivity contribution in [2.75, 3.05) is 6.61 Å². The van der Waals surface area contributed by atoms with Crippen LogP contribution in [0.25, 0.3) is 0 Å². The van der Waals surface area contributed by atoms with Gasteiger partial charge < -0.3 is 10.1 Å². The highest BCUT2D eigenvalue weighted by molar-refractivity contribution is 6.31. The molecular weight excluding hydrogens is 293 g/mol. The van der Waals surface area contributed by atoms with Crippen molar-refractivity contribution < 1.29 is 17.9 Å². The van der Waals surface area contributed by atoms with Crippen LogP contribution in [0.15, 0.2) is 12.3 Å². The molecule has 0 bridgehead atoms. The van der Waals surface area contributed by atoms with E-state index in [-0.39, 0.29) is 18.9 Å². The minimum atomic E-state index is -4.15. The normalized spacial score (nSPS) is 15.4. The van der Waals surface area contributed by atoms with E-state index in [9.17, 15) is 13.2 Å². The van der Waals surface area contributed by atoms with E-state index in [4.69, 9.17) is 16.3 Å². The smallest absolute Gasteiger partial charge is 0.389 e. The average molecular weight is 309 g/mol. The molecule has 1 aromatic heterocycles. The van der Waals surface area contributed by atoms with Gasteiger partial charge in [-0.2, -0.15) is 13.2 Å². The molecule has 0 radical (unpaired) electrons. The Morgan fingerprint density at radius 1 is 1.40 bits per heavy atom. The molecule has 3 nitrogen and oxygen atoms in total. The van der Waals surface area contributed by atoms with Crippen LogP contribution in [-0.4, -0.2) is 23.8 Å². The highest BCUT2D eigenvalue weighted by Crippen LogP contribution is 2.25. The van der Waals surface area contributed by atoms with Crippen molar-refractivity contribution in [3.63, 3.8) is 0 Å². The molecule has 20 heavy (non-hydrogen) atoms. The van der Waals surface area contributed by atoms with Crippen LogP contribution in [0.5, 0.6) is 5.88 Å². The summed E-state index contributed by atoms with van der Waals surface area (Å²) in [5.41, 5.74) is 0.935. The SMILES string of the molecule is FC(F)(F)CCCOc1ncc(CNC2CC2)cc1Cl. The van der Waals surface area contributed by atoms with Crippen molar-refractivity contribution in [3.8, 4) is 5.88 Å². The standard InChI is InChI=1S/C13H16ClF3N2O/c14-11-6-9(7-18-10-2-3-10)8-19-12(11)20-5-1-4-13(15,16)17/h6,8,10,18H,1-5,7H2. The lowest BCUT2D eigenvalue weighted by atomic mass is 10.3. The maximum Gasteiger partial charge on any atom is 0.389 e. The summed E-state index contributed by atoms with van der Waals surface area (Å²) in [5.74, 6) is 0.184. The van der Waals surface area contributed by atoms with Gasteiger partial charge in [-0.15, -0.1) is 0 Å². The second-order valence-electron chi connectivity index (χ2n) is 4.85. The zero-order valence-electron chi connectivity index (χ0n) is 10.8. The Kier molecular flexibility index (Phi) is 5.10. The third kappa shape index (κ3) is 5.54. The molecule has 1 saturated carbocycles. The van der Waals surface area contributed by atoms with Crippen LogP contribution < -0.4 is 10.1 Å². The van der Waals surface area contributed by atoms with E-state index in [1.54, 1.807) is 12.3 Å². The first-order valence-corrected chi connectivity index (χ1v) is 6.89. The van der Waals surface area contributed by atoms with Gasteiger partial charge in [0.2, 0.25) is 5.88 Å². The summed E-state index contributed by atoms with van der Waals surface area (Å²) in [6, 6.07) is 2.32. The number of nitrogens with zero attached hydrogens (tertiary/aromatic N) is 1. The molecular formula is C13H16ClF3N2O. The van der Waals surface area contributed by atoms with E-state index in [0.717, 1.165) is 5.56 Å². The molecule has 0 saturated heterocycles. The first kappa shape index (κ1) is 15.4. The number of halogens is 4. The highest BCUT2D eigenvalue weighted by atomic mass is 35.5. The van der Waals surface area contributed by atoms with Crippen molar-refractivity contribution in [2.45, 2.75) is 44.4 Å². The van der Waals surface area contributed by atoms with Crippen LogP contribution in [0.4, 0.5) is 13.2 Å². The van der Waals surface area contributed by atoms with E-state index in [1.807, 2.05) is 0 Å². The third-order valence-electron chi connectivity index (χ3n) is 2.88. The predicted octanol–water partition coefficient (Wildman–Crippen LogP) is 3.71. The van der Waals surface area contributed by atoms with E-state index in [2.05, 4.69) is 10.3 Å². The van der Waals surface area contributed by atoms with Gasteiger partial charge in [-0.25, -0.2) is 4.98 Å². The summed E-state index contributed by atoms with van der Waals surface area (Å²) < 4.78 is 41.1. The number of aromatic nitrogens is 1. The second-order valence-corrected chi connectivity index (χ2v) is 5.26. The van der Waals surface area contributed by atoms with E-state index in [0.29, 0.717) is 17.6 Å². The number of ether oxygens (including phenoxy) is 1. The van der Waals surface area contributed by atoms with Crippen LogP contribution in [-0.2, 0) is 6.54 Å². The second kappa shape index (κ2) is 6.63. The molecule has 2 rings (SSSR count). The van der Waals surface area contributed by atoms with Gasteiger partial charge in [0.15, 0.2) is 0 Å². The molecule has 1 aliphatic rings. The molecule has 1 heterocycles. The molecule has 0 aliphatic heterocycles. The zero-order valence-corrected chi connectivity index (χ0v) is 11.6. The average Bonchev–Trinajstić information content (AvgIpc) is 3.17. The van der Waals surface area contributed by atoms with Crippen molar-refractivity contribution >= 4 is 11.6 Å². The lowest BCUT2D eigenvalue weighted by Crippen LogP contribution is -2.15. The molecule has 112 valence electrons. The van der Waals surface area contributed by atoms with Gasteiger partial charge in [0, 0.05) is 25.2 Å². The maximum atomic E-state index is 12.0. The summed E-state index contributed by atoms with van der Waals surface area (Å²) in [4.78, 5) is 4.04. The Morgan fingerprint density at radius 3 is 2.75 bits per heavy atom. The number of rotatable bonds is 7. The van der Waals surface area contributed by atoms with E-state index in [1.165, 1.54) is 12.8 Å². The molecule has 7 heteroatoms. The Hall–Kier alpha value is -1.01. The van der Waals surface area contributed by atoms with Crippen molar-refractivity contribution in [2.24, 2.45) is 0 Å². The Balaban J connectivity index is 1.76. The van der Waals surface area contributed by atoms with Gasteiger partial charge in [0.1, 0.15) is 5.02 Å². The minimum Gasteiger partial charge on any atom is -0.477 e. The largest absolute Gasteiger partial charge is 0.477 e. The van der Waals surface area contributed by atoms with Crippen LogP contribution in [0.1, 0.15) is 31.2 Å². The van der Waals surface area contributed by atoms with Crippen molar-refractivity contribution in [3.05, 3.63) is 22.8 Å². The first-order chi connectivity index (χ1) is 9.44. The van der Waals surface area contributed by atoms with Gasteiger partial charge >= 0.3 is 6.18 Å². The van der Waals surface area contributed by atoms with Gasteiger partial charge in [0.25, 0.3) is 0 Å².